The van der Waals surface area contributed by atoms with Gasteiger partial charge in [-0.15, -0.1) is 0 Å². The number of fused-ring (bicyclic) bond motifs is 1. The summed E-state index contributed by atoms with van der Waals surface area (Å²) in [5.74, 6) is 2.13. The lowest BCUT2D eigenvalue weighted by Gasteiger charge is -2.27. The summed E-state index contributed by atoms with van der Waals surface area (Å²) in [7, 11) is 0. The molecule has 0 fully saturated rings. The summed E-state index contributed by atoms with van der Waals surface area (Å²) in [6.07, 6.45) is 2.48. The molecule has 2 N–H and O–H groups in total. The van der Waals surface area contributed by atoms with Gasteiger partial charge in [0.05, 0.1) is 18.8 Å². The number of ether oxygens (including phenoxy) is 1. The number of hydrogen-bond acceptors (Lipinski definition) is 5. The molecule has 1 aromatic carbocycles. The molecule has 1 atom stereocenters. The van der Waals surface area contributed by atoms with Crippen molar-refractivity contribution in [3.63, 3.8) is 0 Å². The highest BCUT2D eigenvalue weighted by Crippen LogP contribution is 2.35. The van der Waals surface area contributed by atoms with Crippen LogP contribution in [-0.2, 0) is 0 Å². The van der Waals surface area contributed by atoms with Crippen molar-refractivity contribution < 1.29 is 4.74 Å². The fourth-order valence-corrected chi connectivity index (χ4v) is 2.51. The molecule has 2 heterocycles. The van der Waals surface area contributed by atoms with E-state index in [9.17, 15) is 0 Å². The van der Waals surface area contributed by atoms with Gasteiger partial charge in [-0.25, -0.2) is 4.98 Å². The molecule has 3 rings (SSSR count). The molecule has 0 spiro atoms. The summed E-state index contributed by atoms with van der Waals surface area (Å²) < 4.78 is 5.67. The molecule has 110 valence electrons. The maximum atomic E-state index is 6.20. The normalized spacial score (nSPS) is 16.8. The third-order valence-corrected chi connectivity index (χ3v) is 3.63. The Labute approximate surface area is 128 Å². The lowest BCUT2D eigenvalue weighted by Crippen LogP contribution is -2.21. The molecule has 1 aliphatic rings. The molecule has 1 aliphatic heterocycles. The van der Waals surface area contributed by atoms with E-state index < -0.39 is 0 Å². The number of aromatic nitrogens is 2. The molecule has 0 radical (unpaired) electrons. The van der Waals surface area contributed by atoms with Gasteiger partial charge >= 0.3 is 0 Å². The summed E-state index contributed by atoms with van der Waals surface area (Å²) in [5.41, 5.74) is 1.13. The monoisotopic (exact) mass is 304 g/mol. The van der Waals surface area contributed by atoms with Crippen LogP contribution in [0.4, 0.5) is 11.8 Å². The van der Waals surface area contributed by atoms with Gasteiger partial charge in [0.25, 0.3) is 0 Å². The number of rotatable bonds is 4. The van der Waals surface area contributed by atoms with E-state index in [-0.39, 0.29) is 6.04 Å². The van der Waals surface area contributed by atoms with E-state index in [1.54, 1.807) is 6.20 Å². The third kappa shape index (κ3) is 3.03. The number of nitrogens with zero attached hydrogens (tertiary/aromatic N) is 2. The first kappa shape index (κ1) is 13.9. The summed E-state index contributed by atoms with van der Waals surface area (Å²) in [6.45, 7) is 3.44. The fraction of sp³-hybridized carbons (Fsp3) is 0.333. The Morgan fingerprint density at radius 3 is 3.10 bits per heavy atom. The molecule has 0 saturated carbocycles. The Bertz CT molecular complexity index is 635. The maximum Gasteiger partial charge on any atom is 0.224 e. The van der Waals surface area contributed by atoms with Crippen molar-refractivity contribution in [1.82, 2.24) is 9.97 Å². The second-order valence-electron chi connectivity index (χ2n) is 4.79. The highest BCUT2D eigenvalue weighted by atomic mass is 35.5. The molecule has 1 unspecified atom stereocenters. The van der Waals surface area contributed by atoms with Gasteiger partial charge in [0.15, 0.2) is 5.82 Å². The summed E-state index contributed by atoms with van der Waals surface area (Å²) in [4.78, 5) is 8.57. The summed E-state index contributed by atoms with van der Waals surface area (Å²) >= 11 is 6.20. The molecule has 0 aliphatic carbocycles. The maximum absolute atomic E-state index is 6.20. The van der Waals surface area contributed by atoms with Gasteiger partial charge in [-0.3, -0.25) is 0 Å². The van der Waals surface area contributed by atoms with Crippen molar-refractivity contribution in [2.24, 2.45) is 0 Å². The molecule has 0 saturated heterocycles. The average Bonchev–Trinajstić information content (AvgIpc) is 2.51. The van der Waals surface area contributed by atoms with Crippen LogP contribution in [0.1, 0.15) is 24.9 Å². The molecule has 0 amide bonds. The molecule has 1 aromatic heterocycles. The average molecular weight is 305 g/mol. The standard InChI is InChI=1S/C15H17ClN4O/c1-2-17-15-18-9-11(16)14(20-15)19-12-7-8-21-13-6-4-3-5-10(12)13/h3-6,9,12H,2,7-8H2,1H3,(H2,17,18,19,20). The van der Waals surface area contributed by atoms with Gasteiger partial charge < -0.3 is 15.4 Å². The Hall–Kier alpha value is -2.01. The van der Waals surface area contributed by atoms with Gasteiger partial charge in [0.1, 0.15) is 10.8 Å². The van der Waals surface area contributed by atoms with Crippen LogP contribution in [-0.4, -0.2) is 23.1 Å². The minimum atomic E-state index is 0.136. The summed E-state index contributed by atoms with van der Waals surface area (Å²) in [6, 6.07) is 8.16. The Balaban J connectivity index is 1.86. The van der Waals surface area contributed by atoms with Crippen molar-refractivity contribution in [3.8, 4) is 5.75 Å². The topological polar surface area (TPSA) is 59.1 Å². The number of para-hydroxylation sites is 1. The fourth-order valence-electron chi connectivity index (χ4n) is 2.37. The van der Waals surface area contributed by atoms with E-state index in [1.807, 2.05) is 25.1 Å². The first-order valence-electron chi connectivity index (χ1n) is 7.02. The van der Waals surface area contributed by atoms with E-state index in [4.69, 9.17) is 16.3 Å². The smallest absolute Gasteiger partial charge is 0.224 e. The lowest BCUT2D eigenvalue weighted by molar-refractivity contribution is 0.274. The van der Waals surface area contributed by atoms with Crippen LogP contribution in [0, 0.1) is 0 Å². The van der Waals surface area contributed by atoms with E-state index in [2.05, 4.69) is 26.7 Å². The molecule has 21 heavy (non-hydrogen) atoms. The second kappa shape index (κ2) is 6.18. The number of nitrogens with one attached hydrogen (secondary N) is 2. The lowest BCUT2D eigenvalue weighted by atomic mass is 10.0. The molecule has 2 aromatic rings. The van der Waals surface area contributed by atoms with E-state index in [1.165, 1.54) is 0 Å². The van der Waals surface area contributed by atoms with Crippen LogP contribution in [0.25, 0.3) is 0 Å². The van der Waals surface area contributed by atoms with Gasteiger partial charge in [-0.1, -0.05) is 29.8 Å². The number of hydrogen-bond donors (Lipinski definition) is 2. The third-order valence-electron chi connectivity index (χ3n) is 3.35. The van der Waals surface area contributed by atoms with E-state index in [0.717, 1.165) is 24.3 Å². The summed E-state index contributed by atoms with van der Waals surface area (Å²) in [5, 5.41) is 7.00. The highest BCUT2D eigenvalue weighted by Gasteiger charge is 2.22. The molecule has 0 bridgehead atoms. The molecule has 6 heteroatoms. The van der Waals surface area contributed by atoms with Crippen LogP contribution < -0.4 is 15.4 Å². The molecular formula is C15H17ClN4O. The van der Waals surface area contributed by atoms with Gasteiger partial charge in [-0.05, 0) is 13.0 Å². The first-order chi connectivity index (χ1) is 10.3. The van der Waals surface area contributed by atoms with Crippen molar-refractivity contribution in [2.45, 2.75) is 19.4 Å². The highest BCUT2D eigenvalue weighted by molar-refractivity contribution is 6.32. The van der Waals surface area contributed by atoms with Crippen LogP contribution in [0.2, 0.25) is 5.02 Å². The van der Waals surface area contributed by atoms with Crippen molar-refractivity contribution in [1.29, 1.82) is 0 Å². The largest absolute Gasteiger partial charge is 0.493 e. The predicted octanol–water partition coefficient (Wildman–Crippen LogP) is 3.50. The Morgan fingerprint density at radius 2 is 2.24 bits per heavy atom. The minimum absolute atomic E-state index is 0.136. The van der Waals surface area contributed by atoms with Crippen molar-refractivity contribution in [2.75, 3.05) is 23.8 Å². The number of anilines is 2. The Kier molecular flexibility index (Phi) is 4.10. The minimum Gasteiger partial charge on any atom is -0.493 e. The predicted molar refractivity (Wildman–Crippen MR) is 84.1 cm³/mol. The zero-order chi connectivity index (χ0) is 14.7. The quantitative estimate of drug-likeness (QED) is 0.905. The first-order valence-corrected chi connectivity index (χ1v) is 7.40. The zero-order valence-electron chi connectivity index (χ0n) is 11.8. The number of halogens is 1. The van der Waals surface area contributed by atoms with Crippen molar-refractivity contribution >= 4 is 23.4 Å². The van der Waals surface area contributed by atoms with Crippen molar-refractivity contribution in [3.05, 3.63) is 41.0 Å². The van der Waals surface area contributed by atoms with Gasteiger partial charge in [0, 0.05) is 18.5 Å². The van der Waals surface area contributed by atoms with Crippen LogP contribution in [0.3, 0.4) is 0 Å². The molecular weight excluding hydrogens is 288 g/mol. The van der Waals surface area contributed by atoms with E-state index in [0.29, 0.717) is 23.4 Å². The van der Waals surface area contributed by atoms with Crippen LogP contribution >= 0.6 is 11.6 Å². The van der Waals surface area contributed by atoms with Gasteiger partial charge in [0.2, 0.25) is 5.95 Å². The SMILES string of the molecule is CCNc1ncc(Cl)c(NC2CCOc3ccccc32)n1. The molecule has 5 nitrogen and oxygen atoms in total. The second-order valence-corrected chi connectivity index (χ2v) is 5.20. The van der Waals surface area contributed by atoms with Crippen LogP contribution in [0.5, 0.6) is 5.75 Å². The van der Waals surface area contributed by atoms with Gasteiger partial charge in [-0.2, -0.15) is 4.98 Å². The van der Waals surface area contributed by atoms with E-state index >= 15 is 0 Å². The number of benzene rings is 1. The zero-order valence-corrected chi connectivity index (χ0v) is 12.5. The Morgan fingerprint density at radius 1 is 1.38 bits per heavy atom. The van der Waals surface area contributed by atoms with Crippen LogP contribution in [0.15, 0.2) is 30.5 Å².